The van der Waals surface area contributed by atoms with E-state index in [1.54, 1.807) is 12.1 Å². The molecule has 2 aromatic carbocycles. The van der Waals surface area contributed by atoms with E-state index in [9.17, 15) is 9.18 Å². The van der Waals surface area contributed by atoms with Crippen LogP contribution in [0.1, 0.15) is 12.0 Å². The molecule has 0 bridgehead atoms. The van der Waals surface area contributed by atoms with E-state index in [0.29, 0.717) is 18.5 Å². The number of amides is 1. The number of carbonyl (C=O) groups excluding carboxylic acids is 1. The van der Waals surface area contributed by atoms with Crippen LogP contribution < -0.4 is 16.0 Å². The molecule has 0 fully saturated rings. The van der Waals surface area contributed by atoms with Crippen LogP contribution in [0.5, 0.6) is 0 Å². The summed E-state index contributed by atoms with van der Waals surface area (Å²) < 4.78 is 13.4. The van der Waals surface area contributed by atoms with Gasteiger partial charge in [-0.1, -0.05) is 6.07 Å². The summed E-state index contributed by atoms with van der Waals surface area (Å²) in [6.07, 6.45) is 1.16. The lowest BCUT2D eigenvalue weighted by atomic mass is 10.0. The average Bonchev–Trinajstić information content (AvgIpc) is 2.45. The maximum absolute atomic E-state index is 13.4. The van der Waals surface area contributed by atoms with Crippen LogP contribution in [-0.2, 0) is 11.2 Å². The smallest absolute Gasteiger partial charge is 0.224 e. The van der Waals surface area contributed by atoms with Gasteiger partial charge in [0.05, 0.1) is 11.4 Å². The Bertz CT molecular complexity index is 715. The fourth-order valence-electron chi connectivity index (χ4n) is 2.55. The molecule has 0 radical (unpaired) electrons. The number of rotatable bonds is 2. The van der Waals surface area contributed by atoms with E-state index in [4.69, 9.17) is 5.73 Å². The minimum absolute atomic E-state index is 0.00753. The summed E-state index contributed by atoms with van der Waals surface area (Å²) in [4.78, 5) is 13.3. The number of aryl methyl sites for hydroxylation is 1. The predicted octanol–water partition coefficient (Wildman–Crippen LogP) is 3.06. The molecule has 108 valence electrons. The van der Waals surface area contributed by atoms with Crippen molar-refractivity contribution in [1.82, 2.24) is 0 Å². The molecule has 0 atom stereocenters. The highest BCUT2D eigenvalue weighted by Gasteiger charge is 2.18. The quantitative estimate of drug-likeness (QED) is 0.834. The molecule has 0 unspecified atom stereocenters. The monoisotopic (exact) mass is 285 g/mol. The summed E-state index contributed by atoms with van der Waals surface area (Å²) in [6.45, 7) is 0. The predicted molar refractivity (Wildman–Crippen MR) is 82.3 cm³/mol. The third-order valence-electron chi connectivity index (χ3n) is 3.70. The Balaban J connectivity index is 2.01. The molecule has 0 saturated heterocycles. The van der Waals surface area contributed by atoms with Gasteiger partial charge in [-0.3, -0.25) is 4.79 Å². The molecule has 0 aliphatic carbocycles. The first kappa shape index (κ1) is 13.4. The number of nitrogen functional groups attached to an aromatic ring is 1. The van der Waals surface area contributed by atoms with E-state index in [0.717, 1.165) is 22.6 Å². The summed E-state index contributed by atoms with van der Waals surface area (Å²) >= 11 is 0. The summed E-state index contributed by atoms with van der Waals surface area (Å²) in [5.74, 6) is -0.281. The second-order valence-corrected chi connectivity index (χ2v) is 5.16. The van der Waals surface area contributed by atoms with Crippen molar-refractivity contribution in [3.8, 4) is 0 Å². The molecule has 1 aliphatic heterocycles. The minimum Gasteiger partial charge on any atom is -0.397 e. The number of nitrogens with one attached hydrogen (secondary N) is 1. The second-order valence-electron chi connectivity index (χ2n) is 5.16. The van der Waals surface area contributed by atoms with Gasteiger partial charge in [0.25, 0.3) is 0 Å². The van der Waals surface area contributed by atoms with Crippen LogP contribution in [0.4, 0.5) is 27.1 Å². The maximum atomic E-state index is 13.4. The molecule has 21 heavy (non-hydrogen) atoms. The molecular formula is C16H16FN3O. The lowest BCUT2D eigenvalue weighted by Crippen LogP contribution is -2.20. The van der Waals surface area contributed by atoms with Crippen LogP contribution in [0.25, 0.3) is 0 Å². The lowest BCUT2D eigenvalue weighted by molar-refractivity contribution is -0.116. The van der Waals surface area contributed by atoms with Gasteiger partial charge in [0.1, 0.15) is 5.82 Å². The van der Waals surface area contributed by atoms with Gasteiger partial charge in [-0.25, -0.2) is 4.39 Å². The third kappa shape index (κ3) is 2.54. The Morgan fingerprint density at radius 3 is 2.81 bits per heavy atom. The van der Waals surface area contributed by atoms with Gasteiger partial charge in [0.2, 0.25) is 5.91 Å². The number of hydrogen-bond donors (Lipinski definition) is 2. The van der Waals surface area contributed by atoms with Crippen LogP contribution >= 0.6 is 0 Å². The number of fused-ring (bicyclic) bond motifs is 1. The normalized spacial score (nSPS) is 13.5. The topological polar surface area (TPSA) is 58.4 Å². The SMILES string of the molecule is CN(c1cccc(F)c1)c1cc2c(cc1N)NC(=O)CC2. The molecule has 0 spiro atoms. The highest BCUT2D eigenvalue weighted by Crippen LogP contribution is 2.35. The fourth-order valence-corrected chi connectivity index (χ4v) is 2.55. The Labute approximate surface area is 122 Å². The van der Waals surface area contributed by atoms with Crippen molar-refractivity contribution in [2.75, 3.05) is 23.0 Å². The number of nitrogens with zero attached hydrogens (tertiary/aromatic N) is 1. The molecule has 4 nitrogen and oxygen atoms in total. The van der Waals surface area contributed by atoms with E-state index in [1.165, 1.54) is 12.1 Å². The van der Waals surface area contributed by atoms with E-state index < -0.39 is 0 Å². The standard InChI is InChI=1S/C16H16FN3O/c1-20(12-4-2-3-11(17)8-12)15-7-10-5-6-16(21)19-14(10)9-13(15)18/h2-4,7-9H,5-6,18H2,1H3,(H,19,21). The molecule has 1 aliphatic rings. The highest BCUT2D eigenvalue weighted by molar-refractivity contribution is 5.96. The first-order valence-electron chi connectivity index (χ1n) is 6.76. The molecule has 5 heteroatoms. The third-order valence-corrected chi connectivity index (χ3v) is 3.70. The van der Waals surface area contributed by atoms with E-state index >= 15 is 0 Å². The van der Waals surface area contributed by atoms with Crippen LogP contribution in [0, 0.1) is 5.82 Å². The first-order valence-corrected chi connectivity index (χ1v) is 6.76. The van der Waals surface area contributed by atoms with Crippen LogP contribution in [-0.4, -0.2) is 13.0 Å². The number of hydrogen-bond acceptors (Lipinski definition) is 3. The number of nitrogens with two attached hydrogens (primary N) is 1. The van der Waals surface area contributed by atoms with Crippen LogP contribution in [0.15, 0.2) is 36.4 Å². The molecule has 1 amide bonds. The van der Waals surface area contributed by atoms with Crippen LogP contribution in [0.2, 0.25) is 0 Å². The number of anilines is 4. The Kier molecular flexibility index (Phi) is 3.25. The highest BCUT2D eigenvalue weighted by atomic mass is 19.1. The van der Waals surface area contributed by atoms with Gasteiger partial charge in [-0.15, -0.1) is 0 Å². The van der Waals surface area contributed by atoms with Crippen molar-refractivity contribution in [3.63, 3.8) is 0 Å². The average molecular weight is 285 g/mol. The molecule has 3 rings (SSSR count). The molecule has 1 heterocycles. The van der Waals surface area contributed by atoms with Gasteiger partial charge >= 0.3 is 0 Å². The largest absolute Gasteiger partial charge is 0.397 e. The molecule has 0 saturated carbocycles. The summed E-state index contributed by atoms with van der Waals surface area (Å²) in [6, 6.07) is 10.1. The van der Waals surface area contributed by atoms with E-state index in [1.807, 2.05) is 24.1 Å². The zero-order valence-corrected chi connectivity index (χ0v) is 11.7. The van der Waals surface area contributed by atoms with Crippen molar-refractivity contribution in [1.29, 1.82) is 0 Å². The van der Waals surface area contributed by atoms with Gasteiger partial charge in [-0.05, 0) is 42.3 Å². The second kappa shape index (κ2) is 5.09. The summed E-state index contributed by atoms with van der Waals surface area (Å²) in [5, 5.41) is 2.82. The summed E-state index contributed by atoms with van der Waals surface area (Å²) in [7, 11) is 1.84. The zero-order chi connectivity index (χ0) is 15.0. The Morgan fingerprint density at radius 2 is 2.05 bits per heavy atom. The first-order chi connectivity index (χ1) is 10.0. The van der Waals surface area contributed by atoms with E-state index in [-0.39, 0.29) is 11.7 Å². The van der Waals surface area contributed by atoms with Crippen molar-refractivity contribution in [3.05, 3.63) is 47.8 Å². The van der Waals surface area contributed by atoms with Crippen molar-refractivity contribution in [2.45, 2.75) is 12.8 Å². The van der Waals surface area contributed by atoms with Crippen LogP contribution in [0.3, 0.4) is 0 Å². The maximum Gasteiger partial charge on any atom is 0.224 e. The minimum atomic E-state index is -0.289. The van der Waals surface area contributed by atoms with Crippen molar-refractivity contribution in [2.24, 2.45) is 0 Å². The molecule has 2 aromatic rings. The van der Waals surface area contributed by atoms with Crippen molar-refractivity contribution < 1.29 is 9.18 Å². The van der Waals surface area contributed by atoms with E-state index in [2.05, 4.69) is 5.32 Å². The van der Waals surface area contributed by atoms with Gasteiger partial charge in [-0.2, -0.15) is 0 Å². The van der Waals surface area contributed by atoms with Gasteiger partial charge < -0.3 is 16.0 Å². The van der Waals surface area contributed by atoms with Crippen molar-refractivity contribution >= 4 is 28.7 Å². The lowest BCUT2D eigenvalue weighted by Gasteiger charge is -2.25. The number of benzene rings is 2. The van der Waals surface area contributed by atoms with Gasteiger partial charge in [0, 0.05) is 24.8 Å². The van der Waals surface area contributed by atoms with Gasteiger partial charge in [0.15, 0.2) is 0 Å². The number of halogens is 1. The summed E-state index contributed by atoms with van der Waals surface area (Å²) in [5.41, 5.74) is 9.96. The Hall–Kier alpha value is -2.56. The zero-order valence-electron chi connectivity index (χ0n) is 11.7. The molecular weight excluding hydrogens is 269 g/mol. The number of carbonyl (C=O) groups is 1. The molecule has 0 aromatic heterocycles. The Morgan fingerprint density at radius 1 is 1.24 bits per heavy atom. The fraction of sp³-hybridized carbons (Fsp3) is 0.188. The molecule has 3 N–H and O–H groups in total.